The molecular weight excluding hydrogens is 228 g/mol. The Kier molecular flexibility index (Phi) is 3.63. The fourth-order valence-corrected chi connectivity index (χ4v) is 1.75. The summed E-state index contributed by atoms with van der Waals surface area (Å²) in [7, 11) is 0. The van der Waals surface area contributed by atoms with Crippen LogP contribution in [0.2, 0.25) is 15.1 Å². The molecule has 0 bridgehead atoms. The van der Waals surface area contributed by atoms with Crippen molar-refractivity contribution in [2.75, 3.05) is 0 Å². The Hall–Kier alpha value is -0.210. The minimum Gasteiger partial charge on any atom is -0.321 e. The van der Waals surface area contributed by atoms with Crippen molar-refractivity contribution in [3.63, 3.8) is 0 Å². The van der Waals surface area contributed by atoms with Crippen molar-refractivity contribution >= 4 is 34.8 Å². The van der Waals surface area contributed by atoms with E-state index in [4.69, 9.17) is 40.5 Å². The zero-order valence-corrected chi connectivity index (χ0v) is 9.00. The van der Waals surface area contributed by atoms with Gasteiger partial charge in [-0.3, -0.25) is 0 Å². The maximum atomic E-state index is 5.93. The molecule has 0 aliphatic rings. The Morgan fingerprint density at radius 3 is 2.31 bits per heavy atom. The Labute approximate surface area is 92.1 Å². The third kappa shape index (κ3) is 2.18. The molecule has 1 atom stereocenters. The molecule has 0 aliphatic carbocycles. The maximum absolute atomic E-state index is 5.93. The molecule has 0 aromatic heterocycles. The molecular formula is C9H8Cl3N. The van der Waals surface area contributed by atoms with Crippen LogP contribution in [0.4, 0.5) is 0 Å². The average molecular weight is 237 g/mol. The van der Waals surface area contributed by atoms with Crippen molar-refractivity contribution in [2.45, 2.75) is 6.04 Å². The van der Waals surface area contributed by atoms with Crippen LogP contribution in [0.3, 0.4) is 0 Å². The van der Waals surface area contributed by atoms with E-state index in [0.717, 1.165) is 0 Å². The van der Waals surface area contributed by atoms with Crippen molar-refractivity contribution in [1.82, 2.24) is 0 Å². The van der Waals surface area contributed by atoms with E-state index in [1.165, 1.54) is 0 Å². The van der Waals surface area contributed by atoms with Gasteiger partial charge in [0, 0.05) is 10.6 Å². The van der Waals surface area contributed by atoms with E-state index >= 15 is 0 Å². The first kappa shape index (κ1) is 10.9. The molecule has 0 spiro atoms. The van der Waals surface area contributed by atoms with Gasteiger partial charge in [0.1, 0.15) is 0 Å². The van der Waals surface area contributed by atoms with E-state index in [1.54, 1.807) is 18.2 Å². The molecule has 70 valence electrons. The van der Waals surface area contributed by atoms with E-state index in [0.29, 0.717) is 20.6 Å². The van der Waals surface area contributed by atoms with E-state index in [1.807, 2.05) is 0 Å². The number of hydrogen-bond donors (Lipinski definition) is 1. The standard InChI is InChI=1S/C9H8Cl3N/c1-2-7(13)8-5(10)3-4-6(11)9(8)12/h2-4,7H,1,13H2/t7-/m0/s1. The molecule has 0 aliphatic heterocycles. The highest BCUT2D eigenvalue weighted by Gasteiger charge is 2.13. The largest absolute Gasteiger partial charge is 0.321 e. The number of halogens is 3. The first-order valence-corrected chi connectivity index (χ1v) is 4.73. The average Bonchev–Trinajstić information content (AvgIpc) is 2.12. The topological polar surface area (TPSA) is 26.0 Å². The van der Waals surface area contributed by atoms with Crippen molar-refractivity contribution in [3.8, 4) is 0 Å². The van der Waals surface area contributed by atoms with Gasteiger partial charge in [-0.2, -0.15) is 0 Å². The van der Waals surface area contributed by atoms with Crippen LogP contribution in [-0.2, 0) is 0 Å². The number of rotatable bonds is 2. The second-order valence-electron chi connectivity index (χ2n) is 2.52. The van der Waals surface area contributed by atoms with Gasteiger partial charge in [-0.25, -0.2) is 0 Å². The molecule has 0 heterocycles. The Morgan fingerprint density at radius 2 is 1.77 bits per heavy atom. The first-order valence-electron chi connectivity index (χ1n) is 3.59. The van der Waals surface area contributed by atoms with Gasteiger partial charge in [-0.05, 0) is 12.1 Å². The van der Waals surface area contributed by atoms with Gasteiger partial charge in [-0.15, -0.1) is 6.58 Å². The summed E-state index contributed by atoms with van der Waals surface area (Å²) in [6.07, 6.45) is 1.56. The number of benzene rings is 1. The summed E-state index contributed by atoms with van der Waals surface area (Å²) in [5.74, 6) is 0. The Morgan fingerprint density at radius 1 is 1.23 bits per heavy atom. The van der Waals surface area contributed by atoms with Gasteiger partial charge in [0.05, 0.1) is 16.1 Å². The van der Waals surface area contributed by atoms with E-state index in [-0.39, 0.29) is 0 Å². The molecule has 13 heavy (non-hydrogen) atoms. The molecule has 0 saturated carbocycles. The van der Waals surface area contributed by atoms with Gasteiger partial charge in [0.15, 0.2) is 0 Å². The van der Waals surface area contributed by atoms with Gasteiger partial charge in [0.25, 0.3) is 0 Å². The van der Waals surface area contributed by atoms with Gasteiger partial charge in [-0.1, -0.05) is 40.9 Å². The molecule has 4 heteroatoms. The highest BCUT2D eigenvalue weighted by molar-refractivity contribution is 6.44. The van der Waals surface area contributed by atoms with Crippen LogP contribution in [0.15, 0.2) is 24.8 Å². The predicted octanol–water partition coefficient (Wildman–Crippen LogP) is 3.83. The SMILES string of the molecule is C=C[C@H](N)c1c(Cl)ccc(Cl)c1Cl. The summed E-state index contributed by atoms with van der Waals surface area (Å²) in [4.78, 5) is 0. The molecule has 1 aromatic carbocycles. The van der Waals surface area contributed by atoms with E-state index < -0.39 is 6.04 Å². The summed E-state index contributed by atoms with van der Waals surface area (Å²) in [5.41, 5.74) is 6.34. The lowest BCUT2D eigenvalue weighted by Crippen LogP contribution is -2.08. The lowest BCUT2D eigenvalue weighted by atomic mass is 10.1. The summed E-state index contributed by atoms with van der Waals surface area (Å²) in [6, 6.07) is 2.90. The minimum atomic E-state index is -0.390. The summed E-state index contributed by atoms with van der Waals surface area (Å²) in [6.45, 7) is 3.56. The van der Waals surface area contributed by atoms with Gasteiger partial charge < -0.3 is 5.73 Å². The lowest BCUT2D eigenvalue weighted by Gasteiger charge is -2.11. The van der Waals surface area contributed by atoms with Crippen LogP contribution in [-0.4, -0.2) is 0 Å². The predicted molar refractivity (Wildman–Crippen MR) is 58.6 cm³/mol. The molecule has 1 rings (SSSR count). The van der Waals surface area contributed by atoms with Gasteiger partial charge in [0.2, 0.25) is 0 Å². The highest BCUT2D eigenvalue weighted by atomic mass is 35.5. The molecule has 1 aromatic rings. The molecule has 2 N–H and O–H groups in total. The zero-order valence-electron chi connectivity index (χ0n) is 6.73. The highest BCUT2D eigenvalue weighted by Crippen LogP contribution is 2.34. The van der Waals surface area contributed by atoms with Crippen molar-refractivity contribution < 1.29 is 0 Å². The van der Waals surface area contributed by atoms with Crippen LogP contribution < -0.4 is 5.73 Å². The van der Waals surface area contributed by atoms with E-state index in [9.17, 15) is 0 Å². The number of hydrogen-bond acceptors (Lipinski definition) is 1. The van der Waals surface area contributed by atoms with Crippen LogP contribution in [0.5, 0.6) is 0 Å². The summed E-state index contributed by atoms with van der Waals surface area (Å²) >= 11 is 17.6. The Balaban J connectivity index is 3.32. The van der Waals surface area contributed by atoms with Crippen LogP contribution in [0, 0.1) is 0 Å². The molecule has 0 unspecified atom stereocenters. The fraction of sp³-hybridized carbons (Fsp3) is 0.111. The fourth-order valence-electron chi connectivity index (χ4n) is 0.966. The molecule has 0 saturated heterocycles. The minimum absolute atomic E-state index is 0.390. The quantitative estimate of drug-likeness (QED) is 0.613. The van der Waals surface area contributed by atoms with Crippen LogP contribution in [0.25, 0.3) is 0 Å². The maximum Gasteiger partial charge on any atom is 0.0658 e. The summed E-state index contributed by atoms with van der Waals surface area (Å²) < 4.78 is 0. The third-order valence-corrected chi connectivity index (χ3v) is 2.82. The van der Waals surface area contributed by atoms with Crippen LogP contribution >= 0.6 is 34.8 Å². The molecule has 0 radical (unpaired) electrons. The third-order valence-electron chi connectivity index (χ3n) is 1.67. The molecule has 0 amide bonds. The Bertz CT molecular complexity index is 336. The normalized spacial score (nSPS) is 12.6. The molecule has 1 nitrogen and oxygen atoms in total. The summed E-state index contributed by atoms with van der Waals surface area (Å²) in [5, 5.41) is 1.33. The van der Waals surface area contributed by atoms with Crippen molar-refractivity contribution in [1.29, 1.82) is 0 Å². The smallest absolute Gasteiger partial charge is 0.0658 e. The molecule has 0 fully saturated rings. The second-order valence-corrected chi connectivity index (χ2v) is 3.71. The van der Waals surface area contributed by atoms with Crippen LogP contribution in [0.1, 0.15) is 11.6 Å². The van der Waals surface area contributed by atoms with E-state index in [2.05, 4.69) is 6.58 Å². The zero-order chi connectivity index (χ0) is 10.0. The monoisotopic (exact) mass is 235 g/mol. The van der Waals surface area contributed by atoms with Crippen molar-refractivity contribution in [2.24, 2.45) is 5.73 Å². The van der Waals surface area contributed by atoms with Gasteiger partial charge >= 0.3 is 0 Å². The number of nitrogens with two attached hydrogens (primary N) is 1. The first-order chi connectivity index (χ1) is 6.07. The van der Waals surface area contributed by atoms with Crippen molar-refractivity contribution in [3.05, 3.63) is 45.4 Å². The second kappa shape index (κ2) is 4.34. The lowest BCUT2D eigenvalue weighted by molar-refractivity contribution is 0.915.